The Kier molecular flexibility index (Phi) is 4.20. The van der Waals surface area contributed by atoms with Crippen LogP contribution in [0.4, 0.5) is 0 Å². The molecule has 0 aliphatic heterocycles. The molecule has 96 valence electrons. The van der Waals surface area contributed by atoms with Crippen LogP contribution in [-0.4, -0.2) is 40.5 Å². The lowest BCUT2D eigenvalue weighted by molar-refractivity contribution is 0.0693. The average Bonchev–Trinajstić information content (AvgIpc) is 2.26. The van der Waals surface area contributed by atoms with E-state index >= 15 is 0 Å². The predicted octanol–water partition coefficient (Wildman–Crippen LogP) is 1.74. The van der Waals surface area contributed by atoms with Gasteiger partial charge in [0.25, 0.3) is 5.91 Å². The Morgan fingerprint density at radius 2 is 2.06 bits per heavy atom. The third-order valence-corrected chi connectivity index (χ3v) is 2.39. The largest absolute Gasteiger partial charge is 0.478 e. The summed E-state index contributed by atoms with van der Waals surface area (Å²) in [5.41, 5.74) is 1.54. The predicted molar refractivity (Wildman–Crippen MR) is 67.7 cm³/mol. The van der Waals surface area contributed by atoms with Crippen molar-refractivity contribution >= 4 is 11.9 Å². The van der Waals surface area contributed by atoms with Crippen molar-refractivity contribution in [1.29, 1.82) is 0 Å². The van der Waals surface area contributed by atoms with Crippen LogP contribution < -0.4 is 0 Å². The molecule has 0 aromatic carbocycles. The first-order valence-corrected chi connectivity index (χ1v) is 5.43. The summed E-state index contributed by atoms with van der Waals surface area (Å²) in [6.07, 6.45) is 0. The van der Waals surface area contributed by atoms with E-state index in [4.69, 9.17) is 5.11 Å². The molecular formula is C13H16N2O3. The van der Waals surface area contributed by atoms with Crippen molar-refractivity contribution < 1.29 is 14.7 Å². The highest BCUT2D eigenvalue weighted by atomic mass is 16.4. The van der Waals surface area contributed by atoms with Crippen molar-refractivity contribution in [2.45, 2.75) is 13.8 Å². The van der Waals surface area contributed by atoms with Crippen LogP contribution in [0.15, 0.2) is 24.3 Å². The second kappa shape index (κ2) is 5.44. The minimum absolute atomic E-state index is 0.106. The van der Waals surface area contributed by atoms with Gasteiger partial charge in [0.1, 0.15) is 5.69 Å². The van der Waals surface area contributed by atoms with Crippen LogP contribution in [0.2, 0.25) is 0 Å². The fourth-order valence-electron chi connectivity index (χ4n) is 1.58. The average molecular weight is 248 g/mol. The van der Waals surface area contributed by atoms with Crippen LogP contribution >= 0.6 is 0 Å². The van der Waals surface area contributed by atoms with Crippen molar-refractivity contribution in [3.05, 3.63) is 41.2 Å². The van der Waals surface area contributed by atoms with E-state index < -0.39 is 5.97 Å². The topological polar surface area (TPSA) is 70.5 Å². The van der Waals surface area contributed by atoms with Crippen molar-refractivity contribution in [3.63, 3.8) is 0 Å². The lowest BCUT2D eigenvalue weighted by atomic mass is 10.2. The van der Waals surface area contributed by atoms with Crippen LogP contribution in [0, 0.1) is 6.92 Å². The molecule has 0 spiro atoms. The number of likely N-dealkylation sites (N-methyl/N-ethyl adjacent to an activating group) is 1. The molecule has 1 N–H and O–H groups in total. The van der Waals surface area contributed by atoms with Crippen LogP contribution in [0.25, 0.3) is 0 Å². The zero-order valence-electron chi connectivity index (χ0n) is 10.7. The molecule has 0 atom stereocenters. The molecule has 1 amide bonds. The zero-order chi connectivity index (χ0) is 13.9. The maximum atomic E-state index is 12.0. The van der Waals surface area contributed by atoms with Gasteiger partial charge in [0.2, 0.25) is 0 Å². The Hall–Kier alpha value is -2.17. The number of pyridine rings is 1. The van der Waals surface area contributed by atoms with Gasteiger partial charge in [-0.25, -0.2) is 9.78 Å². The van der Waals surface area contributed by atoms with Gasteiger partial charge in [-0.05, 0) is 26.0 Å². The number of aromatic carboxylic acids is 1. The van der Waals surface area contributed by atoms with E-state index in [1.54, 1.807) is 14.0 Å². The van der Waals surface area contributed by atoms with Gasteiger partial charge in [-0.3, -0.25) is 4.79 Å². The summed E-state index contributed by atoms with van der Waals surface area (Å²) in [5.74, 6) is -1.30. The van der Waals surface area contributed by atoms with Crippen molar-refractivity contribution in [2.75, 3.05) is 13.6 Å². The van der Waals surface area contributed by atoms with Crippen LogP contribution in [-0.2, 0) is 0 Å². The molecular weight excluding hydrogens is 232 g/mol. The number of aromatic nitrogens is 1. The molecule has 0 aliphatic rings. The highest BCUT2D eigenvalue weighted by Crippen LogP contribution is 2.09. The van der Waals surface area contributed by atoms with E-state index in [-0.39, 0.29) is 17.2 Å². The molecule has 0 fully saturated rings. The summed E-state index contributed by atoms with van der Waals surface area (Å²) in [6.45, 7) is 7.58. The second-order valence-electron chi connectivity index (χ2n) is 4.25. The number of rotatable bonds is 4. The third kappa shape index (κ3) is 3.16. The minimum atomic E-state index is -1.05. The van der Waals surface area contributed by atoms with Crippen LogP contribution in [0.3, 0.4) is 0 Å². The molecule has 1 aromatic heterocycles. The van der Waals surface area contributed by atoms with Gasteiger partial charge in [-0.2, -0.15) is 0 Å². The molecule has 0 saturated carbocycles. The van der Waals surface area contributed by atoms with Crippen molar-refractivity contribution in [1.82, 2.24) is 9.88 Å². The standard InChI is InChI=1S/C13H16N2O3/c1-8(2)7-15(4)12(16)11-6-5-10(13(17)18)9(3)14-11/h5-6H,1,7H2,2-4H3,(H,17,18). The highest BCUT2D eigenvalue weighted by Gasteiger charge is 2.16. The maximum Gasteiger partial charge on any atom is 0.337 e. The van der Waals surface area contributed by atoms with Crippen molar-refractivity contribution in [3.8, 4) is 0 Å². The Bertz CT molecular complexity index is 509. The van der Waals surface area contributed by atoms with Crippen molar-refractivity contribution in [2.24, 2.45) is 0 Å². The number of nitrogens with zero attached hydrogens (tertiary/aromatic N) is 2. The molecule has 0 radical (unpaired) electrons. The first-order chi connectivity index (χ1) is 8.32. The Morgan fingerprint density at radius 3 is 2.50 bits per heavy atom. The van der Waals surface area contributed by atoms with Gasteiger partial charge in [0, 0.05) is 13.6 Å². The first kappa shape index (κ1) is 13.9. The number of amides is 1. The lowest BCUT2D eigenvalue weighted by Gasteiger charge is -2.16. The van der Waals surface area contributed by atoms with Gasteiger partial charge in [0.15, 0.2) is 0 Å². The Labute approximate surface area is 106 Å². The zero-order valence-corrected chi connectivity index (χ0v) is 10.7. The summed E-state index contributed by atoms with van der Waals surface area (Å²) in [7, 11) is 1.65. The molecule has 1 heterocycles. The summed E-state index contributed by atoms with van der Waals surface area (Å²) in [6, 6.07) is 2.82. The van der Waals surface area contributed by atoms with E-state index in [0.717, 1.165) is 5.57 Å². The molecule has 1 rings (SSSR count). The van der Waals surface area contributed by atoms with E-state index in [0.29, 0.717) is 12.2 Å². The second-order valence-corrected chi connectivity index (χ2v) is 4.25. The molecule has 5 nitrogen and oxygen atoms in total. The number of hydrogen-bond acceptors (Lipinski definition) is 3. The van der Waals surface area contributed by atoms with Gasteiger partial charge in [-0.1, -0.05) is 12.2 Å². The maximum absolute atomic E-state index is 12.0. The summed E-state index contributed by atoms with van der Waals surface area (Å²) >= 11 is 0. The van der Waals surface area contributed by atoms with Crippen LogP contribution in [0.1, 0.15) is 33.5 Å². The molecule has 0 bridgehead atoms. The SMILES string of the molecule is C=C(C)CN(C)C(=O)c1ccc(C(=O)O)c(C)n1. The van der Waals surface area contributed by atoms with Gasteiger partial charge in [0.05, 0.1) is 11.3 Å². The van der Waals surface area contributed by atoms with E-state index in [9.17, 15) is 9.59 Å². The number of carbonyl (C=O) groups is 2. The van der Waals surface area contributed by atoms with Gasteiger partial charge >= 0.3 is 5.97 Å². The van der Waals surface area contributed by atoms with E-state index in [1.165, 1.54) is 17.0 Å². The number of carboxylic acids is 1. The normalized spacial score (nSPS) is 9.94. The molecule has 0 unspecified atom stereocenters. The number of carbonyl (C=O) groups excluding carboxylic acids is 1. The molecule has 0 aliphatic carbocycles. The number of hydrogen-bond donors (Lipinski definition) is 1. The number of carboxylic acid groups (broad SMARTS) is 1. The monoisotopic (exact) mass is 248 g/mol. The summed E-state index contributed by atoms with van der Waals surface area (Å²) in [5, 5.41) is 8.88. The van der Waals surface area contributed by atoms with Gasteiger partial charge in [-0.15, -0.1) is 0 Å². The highest BCUT2D eigenvalue weighted by molar-refractivity contribution is 5.94. The van der Waals surface area contributed by atoms with E-state index in [1.807, 2.05) is 6.92 Å². The smallest absolute Gasteiger partial charge is 0.337 e. The minimum Gasteiger partial charge on any atom is -0.478 e. The number of aryl methyl sites for hydroxylation is 1. The summed E-state index contributed by atoms with van der Waals surface area (Å²) in [4.78, 5) is 28.3. The van der Waals surface area contributed by atoms with E-state index in [2.05, 4.69) is 11.6 Å². The Balaban J connectivity index is 2.98. The fraction of sp³-hybridized carbons (Fsp3) is 0.308. The van der Waals surface area contributed by atoms with Gasteiger partial charge < -0.3 is 10.0 Å². The quantitative estimate of drug-likeness (QED) is 0.824. The molecule has 18 heavy (non-hydrogen) atoms. The molecule has 0 saturated heterocycles. The Morgan fingerprint density at radius 1 is 1.44 bits per heavy atom. The van der Waals surface area contributed by atoms with Crippen LogP contribution in [0.5, 0.6) is 0 Å². The fourth-order valence-corrected chi connectivity index (χ4v) is 1.58. The molecule has 1 aromatic rings. The third-order valence-electron chi connectivity index (χ3n) is 2.39. The lowest BCUT2D eigenvalue weighted by Crippen LogP contribution is -2.29. The molecule has 5 heteroatoms. The summed E-state index contributed by atoms with van der Waals surface area (Å²) < 4.78 is 0. The first-order valence-electron chi connectivity index (χ1n) is 5.43.